The van der Waals surface area contributed by atoms with E-state index in [0.717, 1.165) is 12.8 Å². The summed E-state index contributed by atoms with van der Waals surface area (Å²) in [5, 5.41) is 11.5. The summed E-state index contributed by atoms with van der Waals surface area (Å²) >= 11 is 0. The molecule has 0 fully saturated rings. The standard InChI is InChI=1S/C16H21N3O2/c1-3-8-19(9-4-2)16(21)11-15(20)18-14-7-5-6-13(10-14)12-17/h5-7,10H,3-4,8-9,11H2,1-2H3,(H,18,20). The fraction of sp³-hybridized carbons (Fsp3) is 0.438. The van der Waals surface area contributed by atoms with Gasteiger partial charge in [0.25, 0.3) is 0 Å². The Morgan fingerprint density at radius 1 is 1.24 bits per heavy atom. The van der Waals surface area contributed by atoms with Gasteiger partial charge in [-0.3, -0.25) is 9.59 Å². The second-order valence-corrected chi connectivity index (χ2v) is 4.80. The van der Waals surface area contributed by atoms with Gasteiger partial charge in [0, 0.05) is 18.8 Å². The maximum atomic E-state index is 12.1. The summed E-state index contributed by atoms with van der Waals surface area (Å²) < 4.78 is 0. The zero-order valence-corrected chi connectivity index (χ0v) is 12.6. The average Bonchev–Trinajstić information content (AvgIpc) is 2.47. The molecule has 0 aliphatic heterocycles. The van der Waals surface area contributed by atoms with Gasteiger partial charge in [-0.25, -0.2) is 0 Å². The zero-order chi connectivity index (χ0) is 15.7. The van der Waals surface area contributed by atoms with E-state index in [4.69, 9.17) is 5.26 Å². The van der Waals surface area contributed by atoms with Crippen LogP contribution < -0.4 is 5.32 Å². The van der Waals surface area contributed by atoms with Crippen molar-refractivity contribution in [1.29, 1.82) is 5.26 Å². The molecule has 0 atom stereocenters. The van der Waals surface area contributed by atoms with E-state index in [1.807, 2.05) is 19.9 Å². The Morgan fingerprint density at radius 2 is 1.90 bits per heavy atom. The van der Waals surface area contributed by atoms with Gasteiger partial charge in [0.05, 0.1) is 11.6 Å². The summed E-state index contributed by atoms with van der Waals surface area (Å²) in [6, 6.07) is 8.63. The molecule has 1 aromatic carbocycles. The third-order valence-electron chi connectivity index (χ3n) is 2.93. The first kappa shape index (κ1) is 16.7. The van der Waals surface area contributed by atoms with E-state index >= 15 is 0 Å². The Labute approximate surface area is 125 Å². The van der Waals surface area contributed by atoms with Crippen LogP contribution >= 0.6 is 0 Å². The summed E-state index contributed by atoms with van der Waals surface area (Å²) in [6.07, 6.45) is 1.58. The lowest BCUT2D eigenvalue weighted by Crippen LogP contribution is -2.35. The molecule has 112 valence electrons. The van der Waals surface area contributed by atoms with Crippen LogP contribution in [0.15, 0.2) is 24.3 Å². The van der Waals surface area contributed by atoms with Crippen LogP contribution in [0.25, 0.3) is 0 Å². The monoisotopic (exact) mass is 287 g/mol. The lowest BCUT2D eigenvalue weighted by molar-refractivity contribution is -0.134. The minimum Gasteiger partial charge on any atom is -0.342 e. The van der Waals surface area contributed by atoms with E-state index in [2.05, 4.69) is 5.32 Å². The van der Waals surface area contributed by atoms with Gasteiger partial charge in [-0.1, -0.05) is 19.9 Å². The Bertz CT molecular complexity index is 529. The molecule has 0 aliphatic carbocycles. The van der Waals surface area contributed by atoms with Crippen molar-refractivity contribution in [2.75, 3.05) is 18.4 Å². The van der Waals surface area contributed by atoms with Crippen molar-refractivity contribution in [2.45, 2.75) is 33.1 Å². The normalized spacial score (nSPS) is 9.76. The minimum atomic E-state index is -0.354. The molecule has 5 nitrogen and oxygen atoms in total. The van der Waals surface area contributed by atoms with Crippen molar-refractivity contribution >= 4 is 17.5 Å². The van der Waals surface area contributed by atoms with Gasteiger partial charge in [-0.15, -0.1) is 0 Å². The predicted octanol–water partition coefficient (Wildman–Crippen LogP) is 2.54. The molecule has 21 heavy (non-hydrogen) atoms. The average molecular weight is 287 g/mol. The van der Waals surface area contributed by atoms with Crippen molar-refractivity contribution in [3.8, 4) is 6.07 Å². The molecule has 0 saturated heterocycles. The summed E-state index contributed by atoms with van der Waals surface area (Å²) in [7, 11) is 0. The van der Waals surface area contributed by atoms with Gasteiger partial charge in [0.1, 0.15) is 6.42 Å². The Kier molecular flexibility index (Phi) is 6.96. The topological polar surface area (TPSA) is 73.2 Å². The van der Waals surface area contributed by atoms with Gasteiger partial charge < -0.3 is 10.2 Å². The summed E-state index contributed by atoms with van der Waals surface area (Å²) in [5.41, 5.74) is 1.00. The fourth-order valence-corrected chi connectivity index (χ4v) is 2.02. The number of nitriles is 1. The zero-order valence-electron chi connectivity index (χ0n) is 12.6. The van der Waals surface area contributed by atoms with Crippen LogP contribution in [0.2, 0.25) is 0 Å². The van der Waals surface area contributed by atoms with Crippen molar-refractivity contribution in [3.05, 3.63) is 29.8 Å². The first-order chi connectivity index (χ1) is 10.1. The van der Waals surface area contributed by atoms with E-state index in [1.165, 1.54) is 0 Å². The second-order valence-electron chi connectivity index (χ2n) is 4.80. The van der Waals surface area contributed by atoms with Crippen LogP contribution in [0.1, 0.15) is 38.7 Å². The molecule has 0 aliphatic rings. The first-order valence-corrected chi connectivity index (χ1v) is 7.18. The molecule has 0 bridgehead atoms. The molecule has 0 radical (unpaired) electrons. The summed E-state index contributed by atoms with van der Waals surface area (Å²) in [5.74, 6) is -0.514. The number of hydrogen-bond donors (Lipinski definition) is 1. The smallest absolute Gasteiger partial charge is 0.233 e. The van der Waals surface area contributed by atoms with Crippen molar-refractivity contribution in [2.24, 2.45) is 0 Å². The fourth-order valence-electron chi connectivity index (χ4n) is 2.02. The number of nitrogens with zero attached hydrogens (tertiary/aromatic N) is 2. The number of nitrogens with one attached hydrogen (secondary N) is 1. The highest BCUT2D eigenvalue weighted by molar-refractivity contribution is 6.03. The second kappa shape index (κ2) is 8.75. The van der Waals surface area contributed by atoms with E-state index in [-0.39, 0.29) is 18.2 Å². The van der Waals surface area contributed by atoms with Gasteiger partial charge >= 0.3 is 0 Å². The van der Waals surface area contributed by atoms with Crippen LogP contribution in [0.4, 0.5) is 5.69 Å². The van der Waals surface area contributed by atoms with E-state index in [0.29, 0.717) is 24.3 Å². The highest BCUT2D eigenvalue weighted by Crippen LogP contribution is 2.10. The van der Waals surface area contributed by atoms with Gasteiger partial charge in [0.15, 0.2) is 0 Å². The van der Waals surface area contributed by atoms with Gasteiger partial charge in [-0.05, 0) is 31.0 Å². The van der Waals surface area contributed by atoms with Crippen LogP contribution in [0.5, 0.6) is 0 Å². The largest absolute Gasteiger partial charge is 0.342 e. The number of benzene rings is 1. The van der Waals surface area contributed by atoms with E-state index < -0.39 is 0 Å². The number of hydrogen-bond acceptors (Lipinski definition) is 3. The third kappa shape index (κ3) is 5.65. The lowest BCUT2D eigenvalue weighted by atomic mass is 10.2. The summed E-state index contributed by atoms with van der Waals surface area (Å²) in [6.45, 7) is 5.35. The van der Waals surface area contributed by atoms with Crippen LogP contribution in [0.3, 0.4) is 0 Å². The highest BCUT2D eigenvalue weighted by Gasteiger charge is 2.16. The molecule has 0 aromatic heterocycles. The molecular formula is C16H21N3O2. The number of amides is 2. The highest BCUT2D eigenvalue weighted by atomic mass is 16.2. The Balaban J connectivity index is 2.59. The number of carbonyl (C=O) groups excluding carboxylic acids is 2. The van der Waals surface area contributed by atoms with Crippen molar-refractivity contribution < 1.29 is 9.59 Å². The molecule has 2 amide bonds. The summed E-state index contributed by atoms with van der Waals surface area (Å²) in [4.78, 5) is 25.7. The molecule has 0 spiro atoms. The predicted molar refractivity (Wildman–Crippen MR) is 81.6 cm³/mol. The Hall–Kier alpha value is -2.35. The van der Waals surface area contributed by atoms with Crippen molar-refractivity contribution in [3.63, 3.8) is 0 Å². The molecule has 0 unspecified atom stereocenters. The third-order valence-corrected chi connectivity index (χ3v) is 2.93. The van der Waals surface area contributed by atoms with Crippen LogP contribution in [-0.2, 0) is 9.59 Å². The molecule has 0 saturated carbocycles. The number of carbonyl (C=O) groups is 2. The van der Waals surface area contributed by atoms with E-state index in [1.54, 1.807) is 29.2 Å². The lowest BCUT2D eigenvalue weighted by Gasteiger charge is -2.21. The molecule has 0 heterocycles. The van der Waals surface area contributed by atoms with Crippen molar-refractivity contribution in [1.82, 2.24) is 4.90 Å². The quantitative estimate of drug-likeness (QED) is 0.783. The maximum Gasteiger partial charge on any atom is 0.233 e. The molecule has 1 rings (SSSR count). The minimum absolute atomic E-state index is 0.160. The van der Waals surface area contributed by atoms with E-state index in [9.17, 15) is 9.59 Å². The molecule has 1 aromatic rings. The first-order valence-electron chi connectivity index (χ1n) is 7.18. The van der Waals surface area contributed by atoms with Gasteiger partial charge in [0.2, 0.25) is 11.8 Å². The van der Waals surface area contributed by atoms with Crippen LogP contribution in [-0.4, -0.2) is 29.8 Å². The number of anilines is 1. The van der Waals surface area contributed by atoms with Gasteiger partial charge in [-0.2, -0.15) is 5.26 Å². The molecule has 5 heteroatoms. The maximum absolute atomic E-state index is 12.1. The SMILES string of the molecule is CCCN(CCC)C(=O)CC(=O)Nc1cccc(C#N)c1. The number of rotatable bonds is 7. The van der Waals surface area contributed by atoms with Crippen LogP contribution in [0, 0.1) is 11.3 Å². The molecule has 1 N–H and O–H groups in total. The molecular weight excluding hydrogens is 266 g/mol. The Morgan fingerprint density at radius 3 is 2.48 bits per heavy atom.